The lowest BCUT2D eigenvalue weighted by Crippen LogP contribution is -2.52. The van der Waals surface area contributed by atoms with Gasteiger partial charge in [-0.1, -0.05) is 30.3 Å². The number of aliphatic hydroxyl groups is 2. The minimum Gasteiger partial charge on any atom is -0.507 e. The summed E-state index contributed by atoms with van der Waals surface area (Å²) in [7, 11) is -2.75. The third kappa shape index (κ3) is 8.12. The highest BCUT2D eigenvalue weighted by Crippen LogP contribution is 2.53. The molecule has 15 nitrogen and oxygen atoms in total. The van der Waals surface area contributed by atoms with Crippen LogP contribution in [0.4, 0.5) is 0 Å². The van der Waals surface area contributed by atoms with Crippen LogP contribution in [0.25, 0.3) is 0 Å². The van der Waals surface area contributed by atoms with Gasteiger partial charge in [0.25, 0.3) is 0 Å². The van der Waals surface area contributed by atoms with E-state index in [-0.39, 0.29) is 89.6 Å². The first-order chi connectivity index (χ1) is 26.2. The topological polar surface area (TPSA) is 223 Å². The number of hydrogen-bond donors (Lipinski definition) is 6. The number of halogens is 3. The molecule has 0 radical (unpaired) electrons. The number of nitrogens with zero attached hydrogens (tertiary/aromatic N) is 2. The third-order valence-corrected chi connectivity index (χ3v) is 12.5. The lowest BCUT2D eigenvalue weighted by atomic mass is 9.72. The van der Waals surface area contributed by atoms with Crippen LogP contribution in [-0.4, -0.2) is 104 Å². The Morgan fingerprint density at radius 1 is 1.05 bits per heavy atom. The van der Waals surface area contributed by atoms with Gasteiger partial charge >= 0.3 is 7.67 Å². The first-order valence-corrected chi connectivity index (χ1v) is 20.2. The summed E-state index contributed by atoms with van der Waals surface area (Å²) in [6.07, 6.45) is -4.89. The van der Waals surface area contributed by atoms with Crippen LogP contribution < -0.4 is 20.2 Å². The van der Waals surface area contributed by atoms with Crippen molar-refractivity contribution in [3.8, 4) is 23.0 Å². The molecule has 7 N–H and O–H groups in total. The Hall–Kier alpha value is -3.47. The molecule has 1 fully saturated rings. The molecule has 0 amide bonds. The van der Waals surface area contributed by atoms with Crippen molar-refractivity contribution in [3.05, 3.63) is 81.9 Å². The minimum absolute atomic E-state index is 0. The number of aromatic hydroxyl groups is 2. The second kappa shape index (κ2) is 17.6. The molecule has 0 spiro atoms. The van der Waals surface area contributed by atoms with E-state index in [2.05, 4.69) is 10.3 Å². The highest BCUT2D eigenvalue weighted by molar-refractivity contribution is 7.54. The molecule has 3 aromatic rings. The Morgan fingerprint density at radius 3 is 2.34 bits per heavy atom. The van der Waals surface area contributed by atoms with Crippen LogP contribution in [0.1, 0.15) is 75.8 Å². The van der Waals surface area contributed by atoms with E-state index in [4.69, 9.17) is 47.7 Å². The van der Waals surface area contributed by atoms with Crippen LogP contribution in [0, 0.1) is 0 Å². The Bertz CT molecular complexity index is 2030. The number of ketones is 2. The van der Waals surface area contributed by atoms with Gasteiger partial charge in [0.2, 0.25) is 5.78 Å². The van der Waals surface area contributed by atoms with Crippen molar-refractivity contribution >= 4 is 60.6 Å². The largest absolute Gasteiger partial charge is 0.507 e. The fourth-order valence-corrected chi connectivity index (χ4v) is 9.58. The Balaban J connectivity index is 0.00000600. The van der Waals surface area contributed by atoms with Gasteiger partial charge in [0, 0.05) is 66.8 Å². The lowest BCUT2D eigenvalue weighted by molar-refractivity contribution is -0.245. The second-order valence-electron chi connectivity index (χ2n) is 13.6. The molecule has 0 aromatic heterocycles. The van der Waals surface area contributed by atoms with Crippen LogP contribution in [-0.2, 0) is 20.5 Å². The number of para-hydroxylation sites is 1. The minimum atomic E-state index is -4.09. The summed E-state index contributed by atoms with van der Waals surface area (Å²) in [5.74, 6) is -2.29. The standard InChI is InChI=1S/C37H43Cl2N4O11P.ClH/c1-19-32(44)24(40)16-27(52-19)53-26-18-37(49,20(2)41-42-55(50,43(14-12-38)15-13-39)54-21-8-5-4-6-9-21)17-23-29(26)36(48)31-30(34(23)46)33(45)22-10-7-11-25(51-3)28(22)35(31)47;/h4-11,19,24,26-27,32,44,46,48-49H,12-18,40H2,1-3H3,(H,42,50);1H/b41-20+;. The summed E-state index contributed by atoms with van der Waals surface area (Å²) in [4.78, 5) is 28.0. The van der Waals surface area contributed by atoms with Crippen LogP contribution in [0.15, 0.2) is 53.6 Å². The number of rotatable bonds is 13. The number of hydrazone groups is 1. The molecule has 19 heteroatoms. The van der Waals surface area contributed by atoms with Gasteiger partial charge in [0.15, 0.2) is 12.1 Å². The molecule has 0 saturated carbocycles. The van der Waals surface area contributed by atoms with Crippen molar-refractivity contribution in [2.75, 3.05) is 32.0 Å². The normalized spacial score (nSPS) is 25.7. The number of fused-ring (bicyclic) bond motifs is 3. The van der Waals surface area contributed by atoms with Gasteiger partial charge in [0.1, 0.15) is 28.6 Å². The van der Waals surface area contributed by atoms with Gasteiger partial charge < -0.3 is 44.9 Å². The Labute approximate surface area is 339 Å². The fraction of sp³-hybridized carbons (Fsp3) is 0.432. The summed E-state index contributed by atoms with van der Waals surface area (Å²) >= 11 is 12.1. The zero-order valence-electron chi connectivity index (χ0n) is 30.7. The van der Waals surface area contributed by atoms with E-state index < -0.39 is 84.5 Å². The van der Waals surface area contributed by atoms with Crippen LogP contribution in [0.3, 0.4) is 0 Å². The number of aliphatic hydroxyl groups excluding tert-OH is 1. The summed E-state index contributed by atoms with van der Waals surface area (Å²) in [5, 5.41) is 53.7. The molecule has 1 heterocycles. The molecular formula is C37H44Cl3N4O11P. The maximum absolute atomic E-state index is 14.5. The summed E-state index contributed by atoms with van der Waals surface area (Å²) in [6.45, 7) is 3.26. The maximum Gasteiger partial charge on any atom is 0.435 e. The monoisotopic (exact) mass is 856 g/mol. The summed E-state index contributed by atoms with van der Waals surface area (Å²) in [6, 6.07) is 12.0. The highest BCUT2D eigenvalue weighted by Gasteiger charge is 2.49. The quantitative estimate of drug-likeness (QED) is 0.0350. The average Bonchev–Trinajstić information content (AvgIpc) is 3.16. The molecule has 6 rings (SSSR count). The van der Waals surface area contributed by atoms with Gasteiger partial charge in [-0.25, -0.2) is 14.4 Å². The number of phenolic OH excluding ortho intramolecular Hbond substituents is 2. The molecule has 7 atom stereocenters. The zero-order chi connectivity index (χ0) is 39.8. The van der Waals surface area contributed by atoms with Crippen molar-refractivity contribution in [3.63, 3.8) is 0 Å². The molecule has 3 aliphatic rings. The lowest BCUT2D eigenvalue weighted by Gasteiger charge is -2.43. The average molecular weight is 858 g/mol. The number of nitrogens with two attached hydrogens (primary N) is 1. The summed E-state index contributed by atoms with van der Waals surface area (Å²) < 4.78 is 39.5. The highest BCUT2D eigenvalue weighted by atomic mass is 35.5. The van der Waals surface area contributed by atoms with E-state index in [0.29, 0.717) is 0 Å². The van der Waals surface area contributed by atoms with Gasteiger partial charge in [0.05, 0.1) is 47.8 Å². The second-order valence-corrected chi connectivity index (χ2v) is 16.4. The molecule has 3 aromatic carbocycles. The van der Waals surface area contributed by atoms with Crippen LogP contribution >= 0.6 is 43.3 Å². The Kier molecular flexibility index (Phi) is 13.7. The van der Waals surface area contributed by atoms with E-state index in [1.165, 1.54) is 36.9 Å². The van der Waals surface area contributed by atoms with Crippen molar-refractivity contribution in [1.29, 1.82) is 0 Å². The molecule has 7 unspecified atom stereocenters. The zero-order valence-corrected chi connectivity index (χ0v) is 33.9. The van der Waals surface area contributed by atoms with Crippen molar-refractivity contribution in [1.82, 2.24) is 9.87 Å². The molecule has 0 bridgehead atoms. The maximum atomic E-state index is 14.5. The van der Waals surface area contributed by atoms with Crippen molar-refractivity contribution in [2.24, 2.45) is 10.8 Å². The first-order valence-electron chi connectivity index (χ1n) is 17.6. The number of carbonyl (C=O) groups excluding carboxylic acids is 2. The van der Waals surface area contributed by atoms with Crippen LogP contribution in [0.2, 0.25) is 0 Å². The third-order valence-electron chi connectivity index (χ3n) is 10.2. The van der Waals surface area contributed by atoms with Crippen molar-refractivity contribution < 1.29 is 53.3 Å². The van der Waals surface area contributed by atoms with Gasteiger partial charge in [-0.2, -0.15) is 5.10 Å². The van der Waals surface area contributed by atoms with Crippen molar-refractivity contribution in [2.45, 2.75) is 69.4 Å². The Morgan fingerprint density at radius 2 is 1.71 bits per heavy atom. The molecule has 2 aliphatic carbocycles. The van der Waals surface area contributed by atoms with E-state index in [9.17, 15) is 34.6 Å². The van der Waals surface area contributed by atoms with Gasteiger partial charge in [-0.15, -0.1) is 35.6 Å². The number of nitrogens with one attached hydrogen (secondary N) is 1. The fourth-order valence-electron chi connectivity index (χ4n) is 7.24. The number of hydrogen-bond acceptors (Lipinski definition) is 13. The van der Waals surface area contributed by atoms with Gasteiger partial charge in [-0.05, 0) is 32.0 Å². The number of ether oxygens (including phenoxy) is 3. The summed E-state index contributed by atoms with van der Waals surface area (Å²) in [5.41, 5.74) is 2.94. The number of phenols is 2. The SMILES string of the molecule is COc1cccc2c1C(=O)c1c(O)c3c(c(O)c1C2=O)CC(O)(/C(C)=N/NP(=O)(Oc1ccccc1)N(CCCl)CCCl)CC3OC1CC(N)C(O)C(C)O1.Cl. The number of alkyl halides is 2. The number of carbonyl (C=O) groups is 2. The van der Waals surface area contributed by atoms with E-state index >= 15 is 0 Å². The van der Waals surface area contributed by atoms with E-state index in [1.54, 1.807) is 37.3 Å². The first kappa shape index (κ1) is 43.6. The molecular weight excluding hydrogens is 814 g/mol. The number of benzene rings is 3. The predicted octanol–water partition coefficient (Wildman–Crippen LogP) is 4.79. The predicted molar refractivity (Wildman–Crippen MR) is 211 cm³/mol. The molecule has 1 aliphatic heterocycles. The van der Waals surface area contributed by atoms with E-state index in [1.807, 2.05) is 0 Å². The van der Waals surface area contributed by atoms with E-state index in [0.717, 1.165) is 0 Å². The molecule has 304 valence electrons. The van der Waals surface area contributed by atoms with Crippen LogP contribution in [0.5, 0.6) is 23.0 Å². The molecule has 56 heavy (non-hydrogen) atoms. The van der Waals surface area contributed by atoms with Gasteiger partial charge in [-0.3, -0.25) is 9.59 Å². The smallest absolute Gasteiger partial charge is 0.435 e. The molecule has 1 saturated heterocycles. The number of methoxy groups -OCH3 is 1.